The first-order chi connectivity index (χ1) is 15.3. The number of hydrogen-bond acceptors (Lipinski definition) is 7. The van der Waals surface area contributed by atoms with E-state index >= 15 is 0 Å². The highest BCUT2D eigenvalue weighted by Gasteiger charge is 2.31. The summed E-state index contributed by atoms with van der Waals surface area (Å²) in [5, 5.41) is 23.0. The van der Waals surface area contributed by atoms with Crippen molar-refractivity contribution in [1.82, 2.24) is 4.90 Å². The summed E-state index contributed by atoms with van der Waals surface area (Å²) in [6.07, 6.45) is 4.06. The van der Waals surface area contributed by atoms with Gasteiger partial charge in [-0.15, -0.1) is 0 Å². The Morgan fingerprint density at radius 2 is 1.94 bits per heavy atom. The van der Waals surface area contributed by atoms with Crippen LogP contribution in [-0.2, 0) is 9.59 Å². The van der Waals surface area contributed by atoms with Gasteiger partial charge in [0, 0.05) is 19.0 Å². The molecule has 0 aromatic heterocycles. The lowest BCUT2D eigenvalue weighted by Gasteiger charge is -2.14. The summed E-state index contributed by atoms with van der Waals surface area (Å²) in [7, 11) is 0. The van der Waals surface area contributed by atoms with Crippen molar-refractivity contribution in [3.05, 3.63) is 69.1 Å². The van der Waals surface area contributed by atoms with Crippen LogP contribution in [0, 0.1) is 10.1 Å². The van der Waals surface area contributed by atoms with E-state index < -0.39 is 4.92 Å². The van der Waals surface area contributed by atoms with Gasteiger partial charge in [-0.05, 0) is 30.5 Å². The van der Waals surface area contributed by atoms with Crippen molar-refractivity contribution in [2.45, 2.75) is 25.7 Å². The van der Waals surface area contributed by atoms with Crippen LogP contribution in [0.4, 0.5) is 11.4 Å². The highest BCUT2D eigenvalue weighted by molar-refractivity contribution is 8.26. The lowest BCUT2D eigenvalue weighted by molar-refractivity contribution is -0.384. The van der Waals surface area contributed by atoms with Crippen molar-refractivity contribution in [3.63, 3.8) is 0 Å². The van der Waals surface area contributed by atoms with Crippen LogP contribution in [0.2, 0.25) is 0 Å². The topological polar surface area (TPSA) is 113 Å². The number of nitrogens with one attached hydrogen (secondary N) is 1. The van der Waals surface area contributed by atoms with Gasteiger partial charge in [0.15, 0.2) is 0 Å². The van der Waals surface area contributed by atoms with Gasteiger partial charge in [-0.2, -0.15) is 0 Å². The Labute approximate surface area is 194 Å². The van der Waals surface area contributed by atoms with Crippen LogP contribution in [0.5, 0.6) is 5.75 Å². The summed E-state index contributed by atoms with van der Waals surface area (Å²) >= 11 is 6.63. The third-order valence-corrected chi connectivity index (χ3v) is 6.10. The number of anilines is 1. The van der Waals surface area contributed by atoms with Crippen LogP contribution in [0.25, 0.3) is 6.08 Å². The molecule has 2 aromatic rings. The van der Waals surface area contributed by atoms with E-state index in [1.54, 1.807) is 4.90 Å². The number of nitro groups is 1. The number of rotatable bonds is 9. The third-order valence-electron chi connectivity index (χ3n) is 4.72. The molecule has 1 fully saturated rings. The summed E-state index contributed by atoms with van der Waals surface area (Å²) in [6.45, 7) is 0.488. The first-order valence-corrected chi connectivity index (χ1v) is 11.2. The largest absolute Gasteiger partial charge is 0.506 e. The van der Waals surface area contributed by atoms with Crippen LogP contribution >= 0.6 is 24.0 Å². The number of unbranched alkanes of at least 4 members (excludes halogenated alkanes) is 2. The molecule has 0 spiro atoms. The van der Waals surface area contributed by atoms with Gasteiger partial charge in [-0.3, -0.25) is 24.6 Å². The van der Waals surface area contributed by atoms with Gasteiger partial charge in [0.2, 0.25) is 5.91 Å². The summed E-state index contributed by atoms with van der Waals surface area (Å²) in [6, 6.07) is 13.1. The fraction of sp³-hybridized carbons (Fsp3) is 0.227. The maximum atomic E-state index is 12.6. The molecule has 0 aliphatic carbocycles. The zero-order valence-electron chi connectivity index (χ0n) is 17.0. The number of nitrogens with zero attached hydrogens (tertiary/aromatic N) is 2. The highest BCUT2D eigenvalue weighted by Crippen LogP contribution is 2.33. The van der Waals surface area contributed by atoms with Gasteiger partial charge in [0.05, 0.1) is 21.6 Å². The zero-order chi connectivity index (χ0) is 23.1. The molecule has 10 heteroatoms. The molecular weight excluding hydrogens is 450 g/mol. The summed E-state index contributed by atoms with van der Waals surface area (Å²) < 4.78 is 0.531. The van der Waals surface area contributed by atoms with Crippen molar-refractivity contribution in [2.75, 3.05) is 11.9 Å². The average Bonchev–Trinajstić information content (AvgIpc) is 3.02. The van der Waals surface area contributed by atoms with Crippen molar-refractivity contribution >= 4 is 57.6 Å². The molecule has 8 nitrogen and oxygen atoms in total. The second-order valence-electron chi connectivity index (χ2n) is 7.06. The van der Waals surface area contributed by atoms with Crippen LogP contribution < -0.4 is 5.32 Å². The van der Waals surface area contributed by atoms with E-state index in [2.05, 4.69) is 5.32 Å². The van der Waals surface area contributed by atoms with Crippen LogP contribution in [0.3, 0.4) is 0 Å². The third kappa shape index (κ3) is 6.14. The SMILES string of the molecule is O=C(CCCCCN1C(=O)C(=Cc2ccccc2)SC1=S)Nc1ccc([N+](=O)[O-])cc1O. The standard InChI is InChI=1S/C22H21N3O5S2/c26-18-14-16(25(29)30)10-11-17(18)23-20(27)9-5-2-6-12-24-21(28)19(32-22(24)31)13-15-7-3-1-4-8-15/h1,3-4,7-8,10-11,13-14,26H,2,5-6,9,12H2,(H,23,27). The Balaban J connectivity index is 1.41. The Bertz CT molecular complexity index is 1070. The van der Waals surface area contributed by atoms with Crippen molar-refractivity contribution < 1.29 is 19.6 Å². The van der Waals surface area contributed by atoms with Gasteiger partial charge in [0.1, 0.15) is 10.1 Å². The van der Waals surface area contributed by atoms with Gasteiger partial charge < -0.3 is 10.4 Å². The predicted molar refractivity (Wildman–Crippen MR) is 128 cm³/mol. The van der Waals surface area contributed by atoms with Gasteiger partial charge in [-0.25, -0.2) is 0 Å². The molecule has 3 rings (SSSR count). The minimum atomic E-state index is -0.624. The van der Waals surface area contributed by atoms with E-state index in [4.69, 9.17) is 12.2 Å². The Morgan fingerprint density at radius 1 is 1.19 bits per heavy atom. The number of thioether (sulfide) groups is 1. The number of non-ortho nitro benzene ring substituents is 1. The van der Waals surface area contributed by atoms with Crippen LogP contribution in [0.15, 0.2) is 53.4 Å². The molecule has 1 aliphatic heterocycles. The second kappa shape index (κ2) is 10.9. The molecule has 1 saturated heterocycles. The highest BCUT2D eigenvalue weighted by atomic mass is 32.2. The van der Waals surface area contributed by atoms with Gasteiger partial charge in [0.25, 0.3) is 11.6 Å². The fourth-order valence-electron chi connectivity index (χ4n) is 3.08. The number of hydrogen-bond donors (Lipinski definition) is 2. The summed E-state index contributed by atoms with van der Waals surface area (Å²) in [5.41, 5.74) is 0.816. The minimum Gasteiger partial charge on any atom is -0.506 e. The Hall–Kier alpha value is -3.24. The number of carbonyl (C=O) groups excluding carboxylic acids is 2. The smallest absolute Gasteiger partial charge is 0.273 e. The van der Waals surface area contributed by atoms with E-state index in [9.17, 15) is 24.8 Å². The molecule has 0 saturated carbocycles. The van der Waals surface area contributed by atoms with Crippen LogP contribution in [0.1, 0.15) is 31.2 Å². The molecule has 1 aliphatic rings. The van der Waals surface area contributed by atoms with E-state index in [0.29, 0.717) is 35.0 Å². The summed E-state index contributed by atoms with van der Waals surface area (Å²) in [4.78, 5) is 36.9. The average molecular weight is 472 g/mol. The quantitative estimate of drug-likeness (QED) is 0.136. The minimum absolute atomic E-state index is 0.102. The first-order valence-electron chi connectivity index (χ1n) is 9.93. The number of amides is 2. The van der Waals surface area contributed by atoms with Gasteiger partial charge in [-0.1, -0.05) is 60.7 Å². The number of phenolic OH excluding ortho intramolecular Hbond substituents is 1. The molecule has 0 bridgehead atoms. The maximum Gasteiger partial charge on any atom is 0.273 e. The number of aromatic hydroxyl groups is 1. The second-order valence-corrected chi connectivity index (χ2v) is 8.74. The lowest BCUT2D eigenvalue weighted by atomic mass is 10.1. The number of carbonyl (C=O) groups is 2. The van der Waals surface area contributed by atoms with E-state index in [-0.39, 0.29) is 35.4 Å². The zero-order valence-corrected chi connectivity index (χ0v) is 18.7. The van der Waals surface area contributed by atoms with Crippen molar-refractivity contribution in [2.24, 2.45) is 0 Å². The first kappa shape index (κ1) is 23.4. The van der Waals surface area contributed by atoms with E-state index in [0.717, 1.165) is 11.6 Å². The van der Waals surface area contributed by atoms with E-state index in [1.807, 2.05) is 36.4 Å². The Kier molecular flexibility index (Phi) is 7.96. The number of nitro benzene ring substituents is 1. The number of phenols is 1. The molecule has 2 aromatic carbocycles. The van der Waals surface area contributed by atoms with Crippen LogP contribution in [-0.4, -0.2) is 37.6 Å². The molecule has 2 N–H and O–H groups in total. The normalized spacial score (nSPS) is 14.8. The molecule has 1 heterocycles. The predicted octanol–water partition coefficient (Wildman–Crippen LogP) is 4.70. The number of thiocarbonyl (C=S) groups is 1. The lowest BCUT2D eigenvalue weighted by Crippen LogP contribution is -2.29. The Morgan fingerprint density at radius 3 is 2.62 bits per heavy atom. The molecule has 2 amide bonds. The van der Waals surface area contributed by atoms with Crippen molar-refractivity contribution in [3.8, 4) is 5.75 Å². The molecular formula is C22H21N3O5S2. The monoisotopic (exact) mass is 471 g/mol. The molecule has 32 heavy (non-hydrogen) atoms. The fourth-order valence-corrected chi connectivity index (χ4v) is 4.39. The molecule has 166 valence electrons. The summed E-state index contributed by atoms with van der Waals surface area (Å²) in [5.74, 6) is -0.758. The van der Waals surface area contributed by atoms with E-state index in [1.165, 1.54) is 23.9 Å². The molecule has 0 atom stereocenters. The molecule has 0 unspecified atom stereocenters. The van der Waals surface area contributed by atoms with Crippen molar-refractivity contribution in [1.29, 1.82) is 0 Å². The number of benzene rings is 2. The molecule has 0 radical (unpaired) electrons. The maximum absolute atomic E-state index is 12.6. The van der Waals surface area contributed by atoms with Gasteiger partial charge >= 0.3 is 0 Å².